The Morgan fingerprint density at radius 2 is 1.86 bits per heavy atom. The first-order valence-electron chi connectivity index (χ1n) is 8.14. The molecule has 0 amide bonds. The van der Waals surface area contributed by atoms with E-state index in [2.05, 4.69) is 30.6 Å². The summed E-state index contributed by atoms with van der Waals surface area (Å²) in [5.74, 6) is 0.370. The molecule has 0 spiro atoms. The summed E-state index contributed by atoms with van der Waals surface area (Å²) in [5.41, 5.74) is 1.87. The Kier molecular flexibility index (Phi) is 5.40. The number of hydrogen-bond donors (Lipinski definition) is 0. The summed E-state index contributed by atoms with van der Waals surface area (Å²) < 4.78 is 1.72. The SMILES string of the molecule is CCN1CCN(c2cc(C)n(CC(C)C)c(=O)c2C=O)CC1. The van der Waals surface area contributed by atoms with Gasteiger partial charge in [-0.1, -0.05) is 20.8 Å². The Morgan fingerprint density at radius 3 is 2.36 bits per heavy atom. The smallest absolute Gasteiger partial charge is 0.263 e. The van der Waals surface area contributed by atoms with Gasteiger partial charge in [-0.2, -0.15) is 0 Å². The number of pyridine rings is 1. The summed E-state index contributed by atoms with van der Waals surface area (Å²) >= 11 is 0. The fourth-order valence-electron chi connectivity index (χ4n) is 3.04. The zero-order valence-electron chi connectivity index (χ0n) is 14.1. The largest absolute Gasteiger partial charge is 0.368 e. The molecule has 1 aromatic rings. The minimum Gasteiger partial charge on any atom is -0.368 e. The lowest BCUT2D eigenvalue weighted by Gasteiger charge is -2.36. The van der Waals surface area contributed by atoms with Gasteiger partial charge in [0.15, 0.2) is 6.29 Å². The van der Waals surface area contributed by atoms with Gasteiger partial charge < -0.3 is 14.4 Å². The second kappa shape index (κ2) is 7.09. The Hall–Kier alpha value is -1.62. The van der Waals surface area contributed by atoms with E-state index >= 15 is 0 Å². The molecule has 1 aliphatic rings. The third kappa shape index (κ3) is 3.40. The van der Waals surface area contributed by atoms with E-state index in [1.54, 1.807) is 4.57 Å². The number of aldehydes is 1. The van der Waals surface area contributed by atoms with E-state index in [1.807, 2.05) is 13.0 Å². The van der Waals surface area contributed by atoms with Crippen molar-refractivity contribution >= 4 is 12.0 Å². The van der Waals surface area contributed by atoms with Crippen LogP contribution >= 0.6 is 0 Å². The number of piperazine rings is 1. The van der Waals surface area contributed by atoms with Gasteiger partial charge in [-0.15, -0.1) is 0 Å². The zero-order chi connectivity index (χ0) is 16.3. The van der Waals surface area contributed by atoms with Gasteiger partial charge in [0.05, 0.1) is 5.69 Å². The number of aromatic nitrogens is 1. The quantitative estimate of drug-likeness (QED) is 0.778. The van der Waals surface area contributed by atoms with Crippen LogP contribution < -0.4 is 10.5 Å². The average Bonchev–Trinajstić information content (AvgIpc) is 2.51. The first-order valence-corrected chi connectivity index (χ1v) is 8.14. The highest BCUT2D eigenvalue weighted by Gasteiger charge is 2.21. The molecule has 1 aliphatic heterocycles. The minimum absolute atomic E-state index is 0.156. The van der Waals surface area contributed by atoms with Crippen molar-refractivity contribution in [1.29, 1.82) is 0 Å². The normalized spacial score (nSPS) is 16.3. The number of aryl methyl sites for hydroxylation is 1. The molecular weight excluding hydrogens is 278 g/mol. The van der Waals surface area contributed by atoms with Crippen molar-refractivity contribution in [2.45, 2.75) is 34.2 Å². The van der Waals surface area contributed by atoms with Crippen LogP contribution in [0.3, 0.4) is 0 Å². The molecule has 122 valence electrons. The fraction of sp³-hybridized carbons (Fsp3) is 0.647. The van der Waals surface area contributed by atoms with Crippen LogP contribution in [0, 0.1) is 12.8 Å². The number of rotatable bonds is 5. The second-order valence-corrected chi connectivity index (χ2v) is 6.43. The number of nitrogens with zero attached hydrogens (tertiary/aromatic N) is 3. The standard InChI is InChI=1S/C17H27N3O2/c1-5-18-6-8-19(9-7-18)16-10-14(4)20(11-13(2)3)17(22)15(16)12-21/h10,12-13H,5-9,11H2,1-4H3. The highest BCUT2D eigenvalue weighted by atomic mass is 16.1. The molecule has 22 heavy (non-hydrogen) atoms. The lowest BCUT2D eigenvalue weighted by atomic mass is 10.1. The van der Waals surface area contributed by atoms with Gasteiger partial charge >= 0.3 is 0 Å². The number of anilines is 1. The van der Waals surface area contributed by atoms with Gasteiger partial charge in [-0.05, 0) is 25.5 Å². The van der Waals surface area contributed by atoms with Crippen molar-refractivity contribution in [2.75, 3.05) is 37.6 Å². The van der Waals surface area contributed by atoms with Crippen LogP contribution in [-0.4, -0.2) is 48.5 Å². The summed E-state index contributed by atoms with van der Waals surface area (Å²) in [7, 11) is 0. The molecule has 1 aromatic heterocycles. The van der Waals surface area contributed by atoms with Crippen LogP contribution in [0.5, 0.6) is 0 Å². The average molecular weight is 305 g/mol. The summed E-state index contributed by atoms with van der Waals surface area (Å²) in [6, 6.07) is 2.00. The zero-order valence-corrected chi connectivity index (χ0v) is 14.1. The first-order chi connectivity index (χ1) is 10.5. The van der Waals surface area contributed by atoms with E-state index in [-0.39, 0.29) is 5.56 Å². The Bertz CT molecular complexity index is 584. The van der Waals surface area contributed by atoms with Crippen molar-refractivity contribution in [1.82, 2.24) is 9.47 Å². The number of carbonyl (C=O) groups is 1. The van der Waals surface area contributed by atoms with Crippen molar-refractivity contribution in [3.8, 4) is 0 Å². The molecule has 0 bridgehead atoms. The molecule has 1 saturated heterocycles. The van der Waals surface area contributed by atoms with Crippen molar-refractivity contribution in [3.63, 3.8) is 0 Å². The van der Waals surface area contributed by atoms with E-state index in [0.717, 1.165) is 50.4 Å². The van der Waals surface area contributed by atoms with Crippen LogP contribution in [0.1, 0.15) is 36.8 Å². The topological polar surface area (TPSA) is 45.5 Å². The Morgan fingerprint density at radius 1 is 1.23 bits per heavy atom. The molecule has 0 N–H and O–H groups in total. The first kappa shape index (κ1) is 16.7. The summed E-state index contributed by atoms with van der Waals surface area (Å²) in [6.07, 6.45) is 0.722. The molecule has 0 radical (unpaired) electrons. The van der Waals surface area contributed by atoms with Crippen LogP contribution in [-0.2, 0) is 6.54 Å². The summed E-state index contributed by atoms with van der Waals surface area (Å²) in [6.45, 7) is 13.6. The Balaban J connectivity index is 2.37. The number of likely N-dealkylation sites (N-methyl/N-ethyl adjacent to an activating group) is 1. The van der Waals surface area contributed by atoms with Crippen molar-refractivity contribution < 1.29 is 4.79 Å². The molecule has 0 atom stereocenters. The van der Waals surface area contributed by atoms with Gasteiger partial charge in [-0.25, -0.2) is 0 Å². The molecule has 2 heterocycles. The number of carbonyl (C=O) groups excluding carboxylic acids is 1. The van der Waals surface area contributed by atoms with Gasteiger partial charge in [0, 0.05) is 38.4 Å². The number of hydrogen-bond acceptors (Lipinski definition) is 4. The molecule has 1 fully saturated rings. The van der Waals surface area contributed by atoms with Crippen LogP contribution in [0.2, 0.25) is 0 Å². The van der Waals surface area contributed by atoms with Gasteiger partial charge in [0.2, 0.25) is 0 Å². The van der Waals surface area contributed by atoms with Gasteiger partial charge in [-0.3, -0.25) is 9.59 Å². The Labute approximate surface area is 132 Å². The minimum atomic E-state index is -0.156. The molecule has 5 heteroatoms. The maximum Gasteiger partial charge on any atom is 0.263 e. The second-order valence-electron chi connectivity index (χ2n) is 6.43. The van der Waals surface area contributed by atoms with Gasteiger partial charge in [0.25, 0.3) is 5.56 Å². The highest BCUT2D eigenvalue weighted by molar-refractivity contribution is 5.84. The van der Waals surface area contributed by atoms with E-state index in [4.69, 9.17) is 0 Å². The maximum absolute atomic E-state index is 12.6. The fourth-order valence-corrected chi connectivity index (χ4v) is 3.04. The third-order valence-corrected chi connectivity index (χ3v) is 4.35. The molecule has 0 saturated carbocycles. The molecule has 2 rings (SSSR count). The van der Waals surface area contributed by atoms with E-state index in [9.17, 15) is 9.59 Å². The maximum atomic E-state index is 12.6. The van der Waals surface area contributed by atoms with Crippen molar-refractivity contribution in [3.05, 3.63) is 27.7 Å². The lowest BCUT2D eigenvalue weighted by Crippen LogP contribution is -2.47. The highest BCUT2D eigenvalue weighted by Crippen LogP contribution is 2.20. The van der Waals surface area contributed by atoms with Crippen LogP contribution in [0.4, 0.5) is 5.69 Å². The van der Waals surface area contributed by atoms with E-state index in [1.165, 1.54) is 0 Å². The third-order valence-electron chi connectivity index (χ3n) is 4.35. The molecule has 0 aliphatic carbocycles. The lowest BCUT2D eigenvalue weighted by molar-refractivity contribution is 0.112. The summed E-state index contributed by atoms with van der Waals surface area (Å²) in [4.78, 5) is 28.7. The van der Waals surface area contributed by atoms with Gasteiger partial charge in [0.1, 0.15) is 5.56 Å². The van der Waals surface area contributed by atoms with Crippen LogP contribution in [0.15, 0.2) is 10.9 Å². The molecular formula is C17H27N3O2. The van der Waals surface area contributed by atoms with Crippen molar-refractivity contribution in [2.24, 2.45) is 5.92 Å². The molecule has 0 unspecified atom stereocenters. The summed E-state index contributed by atoms with van der Waals surface area (Å²) in [5, 5.41) is 0. The van der Waals surface area contributed by atoms with E-state index in [0.29, 0.717) is 18.0 Å². The van der Waals surface area contributed by atoms with Crippen LogP contribution in [0.25, 0.3) is 0 Å². The predicted molar refractivity (Wildman–Crippen MR) is 90.0 cm³/mol. The molecule has 0 aromatic carbocycles. The predicted octanol–water partition coefficient (Wildman–Crippen LogP) is 1.77. The monoisotopic (exact) mass is 305 g/mol. The van der Waals surface area contributed by atoms with E-state index < -0.39 is 0 Å². The molecule has 5 nitrogen and oxygen atoms in total.